The van der Waals surface area contributed by atoms with E-state index in [1.54, 1.807) is 18.2 Å². The number of rotatable bonds is 6. The molecule has 1 aliphatic carbocycles. The Morgan fingerprint density at radius 3 is 2.59 bits per heavy atom. The highest BCUT2D eigenvalue weighted by molar-refractivity contribution is 6.05. The summed E-state index contributed by atoms with van der Waals surface area (Å²) in [6, 6.07) is 2.97. The second-order valence-electron chi connectivity index (χ2n) is 9.21. The summed E-state index contributed by atoms with van der Waals surface area (Å²) in [4.78, 5) is 50.0. The van der Waals surface area contributed by atoms with Crippen molar-refractivity contribution >= 4 is 23.5 Å². The lowest BCUT2D eigenvalue weighted by Gasteiger charge is -2.31. The SMILES string of the molecule is [2H][C@]1(N2Cc3cc(CCC(=O)C(F)(F)C4CCC(C)CC4)ccc3C2=O)CCC(=O)NC1=O. The summed E-state index contributed by atoms with van der Waals surface area (Å²) in [5.74, 6) is -6.63. The summed E-state index contributed by atoms with van der Waals surface area (Å²) >= 11 is 0. The van der Waals surface area contributed by atoms with Crippen LogP contribution in [0.1, 0.15) is 74.7 Å². The first kappa shape index (κ1) is 21.2. The number of amides is 3. The van der Waals surface area contributed by atoms with Gasteiger partial charge in [-0.05, 0) is 48.8 Å². The fourth-order valence-electron chi connectivity index (χ4n) is 4.89. The Balaban J connectivity index is 1.41. The molecule has 0 aromatic heterocycles. The number of Topliss-reactive ketones (excluding diaryl/α,β-unsaturated/α-hetero) is 1. The molecular formula is C24H28F2N2O4. The van der Waals surface area contributed by atoms with E-state index in [1.807, 2.05) is 6.92 Å². The van der Waals surface area contributed by atoms with Gasteiger partial charge in [0.15, 0.2) is 0 Å². The van der Waals surface area contributed by atoms with Gasteiger partial charge in [0.2, 0.25) is 17.6 Å². The lowest BCUT2D eigenvalue weighted by Crippen LogP contribution is -2.52. The topological polar surface area (TPSA) is 83.6 Å². The van der Waals surface area contributed by atoms with Crippen molar-refractivity contribution in [3.05, 3.63) is 34.9 Å². The lowest BCUT2D eigenvalue weighted by atomic mass is 9.78. The number of hydrogen-bond donors (Lipinski definition) is 1. The molecule has 172 valence electrons. The highest BCUT2D eigenvalue weighted by Crippen LogP contribution is 2.40. The monoisotopic (exact) mass is 447 g/mol. The average Bonchev–Trinajstić information content (AvgIpc) is 3.11. The van der Waals surface area contributed by atoms with Crippen molar-refractivity contribution in [2.75, 3.05) is 0 Å². The fraction of sp³-hybridized carbons (Fsp3) is 0.583. The zero-order chi connectivity index (χ0) is 24.0. The minimum atomic E-state index is -3.33. The number of benzene rings is 1. The molecule has 3 aliphatic rings. The largest absolute Gasteiger partial charge is 0.322 e. The van der Waals surface area contributed by atoms with Crippen LogP contribution in [0, 0.1) is 11.8 Å². The predicted molar refractivity (Wildman–Crippen MR) is 112 cm³/mol. The third kappa shape index (κ3) is 4.32. The van der Waals surface area contributed by atoms with Gasteiger partial charge in [-0.2, -0.15) is 8.78 Å². The molecule has 1 aromatic rings. The molecule has 8 heteroatoms. The fourth-order valence-corrected chi connectivity index (χ4v) is 4.89. The van der Waals surface area contributed by atoms with Crippen LogP contribution in [0.2, 0.25) is 0 Å². The van der Waals surface area contributed by atoms with Gasteiger partial charge in [-0.15, -0.1) is 0 Å². The summed E-state index contributed by atoms with van der Waals surface area (Å²) in [5, 5.41) is 2.11. The number of fused-ring (bicyclic) bond motifs is 1. The van der Waals surface area contributed by atoms with Crippen LogP contribution in [0.25, 0.3) is 0 Å². The number of halogens is 2. The number of nitrogens with one attached hydrogen (secondary N) is 1. The van der Waals surface area contributed by atoms with Crippen molar-refractivity contribution in [3.8, 4) is 0 Å². The number of piperidine rings is 1. The summed E-state index contributed by atoms with van der Waals surface area (Å²) < 4.78 is 37.9. The Kier molecular flexibility index (Phi) is 5.78. The zero-order valence-electron chi connectivity index (χ0n) is 19.1. The standard InChI is InChI=1S/C24H28F2N2O4/c1-14-2-6-17(7-3-14)24(25,26)20(29)10-5-15-4-8-18-16(12-15)13-28(23(18)32)19-9-11-21(30)27-22(19)31/h4,8,12,14,17,19H,2-3,5-7,9-11,13H2,1H3,(H,27,30,31)/t14?,17?,19-/m0/s1/i19D. The first-order chi connectivity index (χ1) is 15.5. The van der Waals surface area contributed by atoms with Crippen LogP contribution < -0.4 is 5.32 Å². The van der Waals surface area contributed by atoms with E-state index in [2.05, 4.69) is 5.32 Å². The second-order valence-corrected chi connectivity index (χ2v) is 9.21. The van der Waals surface area contributed by atoms with Crippen molar-refractivity contribution in [2.45, 2.75) is 76.8 Å². The van der Waals surface area contributed by atoms with Gasteiger partial charge in [0.05, 0.1) is 1.37 Å². The summed E-state index contributed by atoms with van der Waals surface area (Å²) in [7, 11) is 0. The van der Waals surface area contributed by atoms with E-state index in [0.29, 0.717) is 48.3 Å². The van der Waals surface area contributed by atoms with Gasteiger partial charge in [0.25, 0.3) is 5.91 Å². The number of carbonyl (C=O) groups is 4. The van der Waals surface area contributed by atoms with E-state index in [1.165, 1.54) is 0 Å². The minimum Gasteiger partial charge on any atom is -0.322 e. The first-order valence-corrected chi connectivity index (χ1v) is 11.2. The number of aryl methyl sites for hydroxylation is 1. The van der Waals surface area contributed by atoms with Crippen LogP contribution in [0.15, 0.2) is 18.2 Å². The van der Waals surface area contributed by atoms with Crippen LogP contribution in [0.3, 0.4) is 0 Å². The van der Waals surface area contributed by atoms with Gasteiger partial charge in [0, 0.05) is 30.9 Å². The maximum Gasteiger partial charge on any atom is 0.308 e. The lowest BCUT2D eigenvalue weighted by molar-refractivity contribution is -0.154. The molecule has 2 fully saturated rings. The summed E-state index contributed by atoms with van der Waals surface area (Å²) in [6.45, 7) is 2.05. The quantitative estimate of drug-likeness (QED) is 0.678. The number of nitrogens with zero attached hydrogens (tertiary/aromatic N) is 1. The smallest absolute Gasteiger partial charge is 0.308 e. The highest BCUT2D eigenvalue weighted by atomic mass is 19.3. The van der Waals surface area contributed by atoms with E-state index < -0.39 is 41.4 Å². The maximum absolute atomic E-state index is 14.7. The Morgan fingerprint density at radius 1 is 1.19 bits per heavy atom. The Morgan fingerprint density at radius 2 is 1.91 bits per heavy atom. The normalized spacial score (nSPS) is 28.9. The van der Waals surface area contributed by atoms with Gasteiger partial charge in [-0.3, -0.25) is 24.5 Å². The maximum atomic E-state index is 14.7. The number of carbonyl (C=O) groups excluding carboxylic acids is 4. The molecule has 0 bridgehead atoms. The Bertz CT molecular complexity index is 1010. The number of imide groups is 1. The molecule has 6 nitrogen and oxygen atoms in total. The van der Waals surface area contributed by atoms with E-state index in [-0.39, 0.29) is 32.2 Å². The highest BCUT2D eigenvalue weighted by Gasteiger charge is 2.46. The molecule has 32 heavy (non-hydrogen) atoms. The molecule has 4 rings (SSSR count). The Hall–Kier alpha value is -2.64. The molecule has 1 N–H and O–H groups in total. The van der Waals surface area contributed by atoms with Crippen LogP contribution in [-0.2, 0) is 27.3 Å². The molecule has 3 amide bonds. The van der Waals surface area contributed by atoms with Crippen molar-refractivity contribution in [3.63, 3.8) is 0 Å². The van der Waals surface area contributed by atoms with Crippen LogP contribution in [0.5, 0.6) is 0 Å². The summed E-state index contributed by atoms with van der Waals surface area (Å²) in [5.41, 5.74) is 1.56. The molecule has 1 saturated heterocycles. The van der Waals surface area contributed by atoms with Gasteiger partial charge in [-0.1, -0.05) is 31.9 Å². The minimum absolute atomic E-state index is 0.0114. The molecule has 0 spiro atoms. The predicted octanol–water partition coefficient (Wildman–Crippen LogP) is 3.41. The van der Waals surface area contributed by atoms with Crippen molar-refractivity contribution < 1.29 is 29.3 Å². The molecule has 0 unspecified atom stereocenters. The van der Waals surface area contributed by atoms with E-state index in [0.717, 1.165) is 4.90 Å². The first-order valence-electron chi connectivity index (χ1n) is 11.7. The molecule has 1 aromatic carbocycles. The average molecular weight is 448 g/mol. The van der Waals surface area contributed by atoms with Crippen LogP contribution in [-0.4, -0.2) is 40.3 Å². The number of alkyl halides is 2. The van der Waals surface area contributed by atoms with Gasteiger partial charge >= 0.3 is 5.92 Å². The van der Waals surface area contributed by atoms with Crippen molar-refractivity contribution in [1.29, 1.82) is 0 Å². The Labute approximate surface area is 187 Å². The molecule has 2 aliphatic heterocycles. The van der Waals surface area contributed by atoms with E-state index >= 15 is 0 Å². The van der Waals surface area contributed by atoms with Crippen LogP contribution in [0.4, 0.5) is 8.78 Å². The van der Waals surface area contributed by atoms with Gasteiger partial charge in [0.1, 0.15) is 6.02 Å². The molecule has 2 heterocycles. The second kappa shape index (κ2) is 8.71. The number of ketones is 1. The molecule has 1 atom stereocenters. The third-order valence-electron chi connectivity index (χ3n) is 6.94. The van der Waals surface area contributed by atoms with Crippen molar-refractivity contribution in [1.82, 2.24) is 10.2 Å². The van der Waals surface area contributed by atoms with E-state index in [9.17, 15) is 28.0 Å². The summed E-state index contributed by atoms with van der Waals surface area (Å²) in [6.07, 6.45) is 1.88. The molecular weight excluding hydrogens is 418 g/mol. The van der Waals surface area contributed by atoms with Crippen LogP contribution >= 0.6 is 0 Å². The van der Waals surface area contributed by atoms with E-state index in [4.69, 9.17) is 1.37 Å². The number of hydrogen-bond acceptors (Lipinski definition) is 4. The zero-order valence-corrected chi connectivity index (χ0v) is 18.1. The van der Waals surface area contributed by atoms with Crippen molar-refractivity contribution in [2.24, 2.45) is 11.8 Å². The van der Waals surface area contributed by atoms with Gasteiger partial charge < -0.3 is 4.90 Å². The molecule has 1 saturated carbocycles. The van der Waals surface area contributed by atoms with Gasteiger partial charge in [-0.25, -0.2) is 0 Å². The third-order valence-corrected chi connectivity index (χ3v) is 6.94. The molecule has 0 radical (unpaired) electrons.